The van der Waals surface area contributed by atoms with E-state index in [0.29, 0.717) is 11.1 Å². The van der Waals surface area contributed by atoms with Crippen molar-refractivity contribution in [3.05, 3.63) is 59.4 Å². The van der Waals surface area contributed by atoms with E-state index in [9.17, 15) is 18.0 Å². The van der Waals surface area contributed by atoms with Gasteiger partial charge in [0.25, 0.3) is 5.91 Å². The van der Waals surface area contributed by atoms with Crippen LogP contribution in [0, 0.1) is 6.92 Å². The summed E-state index contributed by atoms with van der Waals surface area (Å²) in [5.41, 5.74) is 5.77. The minimum absolute atomic E-state index is 0.0258. The van der Waals surface area contributed by atoms with E-state index in [-0.39, 0.29) is 22.0 Å². The second-order valence-corrected chi connectivity index (χ2v) is 8.73. The maximum absolute atomic E-state index is 12.5. The number of nitrogens with zero attached hydrogens (tertiary/aromatic N) is 1. The molecule has 0 aliphatic rings. The molecule has 1 aromatic heterocycles. The van der Waals surface area contributed by atoms with Crippen LogP contribution < -0.4 is 15.6 Å². The number of rotatable bonds is 5. The molecule has 2 N–H and O–H groups in total. The summed E-state index contributed by atoms with van der Waals surface area (Å²) < 4.78 is 36.6. The highest BCUT2D eigenvalue weighted by molar-refractivity contribution is 7.89. The number of para-hydroxylation sites is 1. The Labute approximate surface area is 173 Å². The van der Waals surface area contributed by atoms with Crippen LogP contribution in [-0.4, -0.2) is 45.7 Å². The molecule has 3 rings (SSSR count). The SMILES string of the molecule is COc1ccc(C(=O)NNC(=O)c2oc3ccccc3c2C)cc1S(=O)(=O)N(C)C. The van der Waals surface area contributed by atoms with Crippen molar-refractivity contribution >= 4 is 32.8 Å². The fraction of sp³-hybridized carbons (Fsp3) is 0.200. The Morgan fingerprint density at radius 1 is 1.03 bits per heavy atom. The lowest BCUT2D eigenvalue weighted by molar-refractivity contribution is 0.0831. The van der Waals surface area contributed by atoms with Crippen molar-refractivity contribution < 1.29 is 27.2 Å². The number of fused-ring (bicyclic) bond motifs is 1. The van der Waals surface area contributed by atoms with Gasteiger partial charge in [0.2, 0.25) is 10.0 Å². The largest absolute Gasteiger partial charge is 0.495 e. The molecule has 0 aliphatic heterocycles. The number of ether oxygens (including phenoxy) is 1. The van der Waals surface area contributed by atoms with Gasteiger partial charge in [0.1, 0.15) is 16.2 Å². The van der Waals surface area contributed by atoms with E-state index < -0.39 is 21.8 Å². The summed E-state index contributed by atoms with van der Waals surface area (Å²) >= 11 is 0. The zero-order chi connectivity index (χ0) is 22.1. The van der Waals surface area contributed by atoms with Gasteiger partial charge in [-0.1, -0.05) is 18.2 Å². The summed E-state index contributed by atoms with van der Waals surface area (Å²) in [4.78, 5) is 24.8. The number of sulfonamides is 1. The standard InChI is InChI=1S/C20H21N3O6S/c1-12-14-7-5-6-8-15(14)29-18(12)20(25)22-21-19(24)13-9-10-16(28-4)17(11-13)30(26,27)23(2)3/h5-11H,1-4H3,(H,21,24)(H,22,25). The number of carbonyl (C=O) groups is 2. The van der Waals surface area contributed by atoms with Crippen LogP contribution in [0.4, 0.5) is 0 Å². The predicted molar refractivity (Wildman–Crippen MR) is 110 cm³/mol. The molecule has 0 saturated carbocycles. The number of hydrogen-bond donors (Lipinski definition) is 2. The maximum Gasteiger partial charge on any atom is 0.305 e. The second kappa shape index (κ2) is 8.17. The fourth-order valence-electron chi connectivity index (χ4n) is 2.85. The third-order valence-electron chi connectivity index (χ3n) is 4.52. The molecular weight excluding hydrogens is 410 g/mol. The molecular formula is C20H21N3O6S. The second-order valence-electron chi connectivity index (χ2n) is 6.61. The van der Waals surface area contributed by atoms with Gasteiger partial charge in [-0.25, -0.2) is 12.7 Å². The van der Waals surface area contributed by atoms with Crippen LogP contribution >= 0.6 is 0 Å². The lowest BCUT2D eigenvalue weighted by Crippen LogP contribution is -2.41. The average Bonchev–Trinajstić information content (AvgIpc) is 3.08. The number of hydrazine groups is 1. The van der Waals surface area contributed by atoms with Gasteiger partial charge in [0.15, 0.2) is 5.76 Å². The van der Waals surface area contributed by atoms with Crippen molar-refractivity contribution in [3.63, 3.8) is 0 Å². The molecule has 0 bridgehead atoms. The molecule has 2 aromatic carbocycles. The Balaban J connectivity index is 1.80. The molecule has 3 aromatic rings. The molecule has 30 heavy (non-hydrogen) atoms. The van der Waals surface area contributed by atoms with Crippen LogP contribution in [0.2, 0.25) is 0 Å². The molecule has 0 unspecified atom stereocenters. The van der Waals surface area contributed by atoms with Crippen LogP contribution in [0.5, 0.6) is 5.75 Å². The van der Waals surface area contributed by atoms with Crippen molar-refractivity contribution in [1.82, 2.24) is 15.2 Å². The highest BCUT2D eigenvalue weighted by atomic mass is 32.2. The number of carbonyl (C=O) groups excluding carboxylic acids is 2. The molecule has 9 nitrogen and oxygen atoms in total. The molecule has 1 heterocycles. The summed E-state index contributed by atoms with van der Waals surface area (Å²) in [6, 6.07) is 11.1. The van der Waals surface area contributed by atoms with Gasteiger partial charge in [-0.15, -0.1) is 0 Å². The van der Waals surface area contributed by atoms with Gasteiger partial charge in [-0.2, -0.15) is 0 Å². The first-order valence-corrected chi connectivity index (χ1v) is 10.3. The first kappa shape index (κ1) is 21.3. The zero-order valence-electron chi connectivity index (χ0n) is 16.8. The Kier molecular flexibility index (Phi) is 5.81. The normalized spacial score (nSPS) is 11.5. The lowest BCUT2D eigenvalue weighted by atomic mass is 10.1. The van der Waals surface area contributed by atoms with E-state index in [4.69, 9.17) is 9.15 Å². The Hall–Kier alpha value is -3.37. The Morgan fingerprint density at radius 3 is 2.33 bits per heavy atom. The van der Waals surface area contributed by atoms with Gasteiger partial charge in [-0.3, -0.25) is 20.4 Å². The zero-order valence-corrected chi connectivity index (χ0v) is 17.7. The number of hydrogen-bond acceptors (Lipinski definition) is 6. The van der Waals surface area contributed by atoms with Crippen LogP contribution in [0.3, 0.4) is 0 Å². The number of amides is 2. The van der Waals surface area contributed by atoms with E-state index in [2.05, 4.69) is 10.9 Å². The van der Waals surface area contributed by atoms with E-state index in [0.717, 1.165) is 9.69 Å². The molecule has 0 aliphatic carbocycles. The maximum atomic E-state index is 12.5. The molecule has 10 heteroatoms. The summed E-state index contributed by atoms with van der Waals surface area (Å²) in [5.74, 6) is -1.16. The number of benzene rings is 2. The lowest BCUT2D eigenvalue weighted by Gasteiger charge is -2.15. The first-order chi connectivity index (χ1) is 14.2. The molecule has 0 saturated heterocycles. The summed E-state index contributed by atoms with van der Waals surface area (Å²) in [6.45, 7) is 1.74. The molecule has 0 fully saturated rings. The molecule has 0 radical (unpaired) electrons. The topological polar surface area (TPSA) is 118 Å². The van der Waals surface area contributed by atoms with Crippen molar-refractivity contribution in [1.29, 1.82) is 0 Å². The van der Waals surface area contributed by atoms with Gasteiger partial charge in [0, 0.05) is 30.6 Å². The molecule has 158 valence electrons. The van der Waals surface area contributed by atoms with Crippen LogP contribution in [-0.2, 0) is 10.0 Å². The summed E-state index contributed by atoms with van der Waals surface area (Å²) in [7, 11) is 0.233. The van der Waals surface area contributed by atoms with Gasteiger partial charge < -0.3 is 9.15 Å². The van der Waals surface area contributed by atoms with Crippen molar-refractivity contribution in [2.75, 3.05) is 21.2 Å². The van der Waals surface area contributed by atoms with Crippen LogP contribution in [0.15, 0.2) is 51.8 Å². The van der Waals surface area contributed by atoms with E-state index in [1.807, 2.05) is 12.1 Å². The van der Waals surface area contributed by atoms with Crippen molar-refractivity contribution in [2.24, 2.45) is 0 Å². The number of nitrogens with one attached hydrogen (secondary N) is 2. The van der Waals surface area contributed by atoms with Gasteiger partial charge in [-0.05, 0) is 31.2 Å². The summed E-state index contributed by atoms with van der Waals surface area (Å²) in [5, 5.41) is 0.794. The third-order valence-corrected chi connectivity index (χ3v) is 6.36. The molecule has 0 atom stereocenters. The minimum Gasteiger partial charge on any atom is -0.495 e. The Morgan fingerprint density at radius 2 is 1.70 bits per heavy atom. The molecule has 2 amide bonds. The fourth-order valence-corrected chi connectivity index (χ4v) is 3.92. The highest BCUT2D eigenvalue weighted by Crippen LogP contribution is 2.27. The quantitative estimate of drug-likeness (QED) is 0.597. The highest BCUT2D eigenvalue weighted by Gasteiger charge is 2.24. The van der Waals surface area contributed by atoms with E-state index in [1.165, 1.54) is 39.4 Å². The monoisotopic (exact) mass is 431 g/mol. The average molecular weight is 431 g/mol. The summed E-state index contributed by atoms with van der Waals surface area (Å²) in [6.07, 6.45) is 0. The van der Waals surface area contributed by atoms with E-state index >= 15 is 0 Å². The smallest absolute Gasteiger partial charge is 0.305 e. The predicted octanol–water partition coefficient (Wildman–Crippen LogP) is 2.07. The number of methoxy groups -OCH3 is 1. The van der Waals surface area contributed by atoms with Crippen LogP contribution in [0.1, 0.15) is 26.5 Å². The third kappa shape index (κ3) is 3.87. The first-order valence-electron chi connectivity index (χ1n) is 8.86. The molecule has 0 spiro atoms. The van der Waals surface area contributed by atoms with Crippen molar-refractivity contribution in [2.45, 2.75) is 11.8 Å². The van der Waals surface area contributed by atoms with Crippen molar-refractivity contribution in [3.8, 4) is 5.75 Å². The van der Waals surface area contributed by atoms with Gasteiger partial charge in [0.05, 0.1) is 7.11 Å². The Bertz CT molecular complexity index is 1230. The number of furan rings is 1. The minimum atomic E-state index is -3.84. The van der Waals surface area contributed by atoms with Crippen LogP contribution in [0.25, 0.3) is 11.0 Å². The number of aryl methyl sites for hydroxylation is 1. The van der Waals surface area contributed by atoms with E-state index in [1.54, 1.807) is 19.1 Å². The van der Waals surface area contributed by atoms with Gasteiger partial charge >= 0.3 is 5.91 Å².